The number of hydrogen-bond acceptors (Lipinski definition) is 1. The van der Waals surface area contributed by atoms with Gasteiger partial charge in [0.15, 0.2) is 0 Å². The first-order valence-electron chi connectivity index (χ1n) is 19.1. The molecule has 0 aliphatic rings. The van der Waals surface area contributed by atoms with Gasteiger partial charge in [-0.15, -0.1) is 0 Å². The van der Waals surface area contributed by atoms with Gasteiger partial charge in [0.25, 0.3) is 0 Å². The van der Waals surface area contributed by atoms with E-state index in [4.69, 9.17) is 4.98 Å². The van der Waals surface area contributed by atoms with Crippen molar-refractivity contribution in [3.8, 4) is 56.1 Å². The van der Waals surface area contributed by atoms with Crippen LogP contribution in [0.4, 0.5) is 0 Å². The predicted molar refractivity (Wildman–Crippen MR) is 235 cm³/mol. The van der Waals surface area contributed by atoms with Crippen molar-refractivity contribution in [2.45, 2.75) is 0 Å². The zero-order chi connectivity index (χ0) is 37.0. The summed E-state index contributed by atoms with van der Waals surface area (Å²) in [7, 11) is 0. The summed E-state index contributed by atoms with van der Waals surface area (Å²) in [5.41, 5.74) is 15.1. The Morgan fingerprint density at radius 3 is 1.38 bits per heavy atom. The summed E-state index contributed by atoms with van der Waals surface area (Å²) < 4.78 is 4.65. The van der Waals surface area contributed by atoms with Crippen LogP contribution < -0.4 is 0 Å². The maximum Gasteiger partial charge on any atom is 0.138 e. The number of para-hydroxylation sites is 3. The van der Waals surface area contributed by atoms with Gasteiger partial charge in [0.1, 0.15) is 5.82 Å². The second-order valence-corrected chi connectivity index (χ2v) is 14.4. The zero-order valence-electron chi connectivity index (χ0n) is 30.5. The molecular formula is C53H35N3. The number of hydrogen-bond donors (Lipinski definition) is 0. The summed E-state index contributed by atoms with van der Waals surface area (Å²) in [6.07, 6.45) is 0. The molecule has 0 saturated carbocycles. The molecule has 0 fully saturated rings. The molecule has 8 aromatic carbocycles. The molecule has 11 aromatic rings. The Labute approximate surface area is 325 Å². The lowest BCUT2D eigenvalue weighted by molar-refractivity contribution is 1.08. The second-order valence-electron chi connectivity index (χ2n) is 14.4. The average molecular weight is 714 g/mol. The van der Waals surface area contributed by atoms with E-state index in [-0.39, 0.29) is 0 Å². The van der Waals surface area contributed by atoms with E-state index in [1.54, 1.807) is 0 Å². The monoisotopic (exact) mass is 713 g/mol. The van der Waals surface area contributed by atoms with E-state index in [2.05, 4.69) is 215 Å². The van der Waals surface area contributed by atoms with Crippen molar-refractivity contribution in [3.05, 3.63) is 212 Å². The molecule has 3 nitrogen and oxygen atoms in total. The molecule has 0 saturated heterocycles. The lowest BCUT2D eigenvalue weighted by Gasteiger charge is -2.10. The Morgan fingerprint density at radius 2 is 0.714 bits per heavy atom. The summed E-state index contributed by atoms with van der Waals surface area (Å²) in [6, 6.07) is 76.2. The molecule has 0 amide bonds. The molecule has 262 valence electrons. The van der Waals surface area contributed by atoms with Gasteiger partial charge >= 0.3 is 0 Å². The van der Waals surface area contributed by atoms with Gasteiger partial charge in [0.05, 0.1) is 27.8 Å². The maximum absolute atomic E-state index is 5.14. The van der Waals surface area contributed by atoms with E-state index < -0.39 is 0 Å². The van der Waals surface area contributed by atoms with E-state index in [9.17, 15) is 0 Å². The van der Waals surface area contributed by atoms with Gasteiger partial charge in [-0.1, -0.05) is 146 Å². The highest BCUT2D eigenvalue weighted by Crippen LogP contribution is 2.38. The second kappa shape index (κ2) is 13.1. The molecular weight excluding hydrogens is 679 g/mol. The van der Waals surface area contributed by atoms with Crippen molar-refractivity contribution in [2.75, 3.05) is 0 Å². The fourth-order valence-corrected chi connectivity index (χ4v) is 8.46. The summed E-state index contributed by atoms with van der Waals surface area (Å²) in [4.78, 5) is 5.14. The average Bonchev–Trinajstić information content (AvgIpc) is 3.79. The minimum atomic E-state index is 0.912. The summed E-state index contributed by atoms with van der Waals surface area (Å²) >= 11 is 0. The first-order chi connectivity index (χ1) is 27.8. The molecule has 56 heavy (non-hydrogen) atoms. The van der Waals surface area contributed by atoms with Crippen molar-refractivity contribution in [3.63, 3.8) is 0 Å². The number of pyridine rings is 1. The van der Waals surface area contributed by atoms with E-state index in [0.29, 0.717) is 0 Å². The van der Waals surface area contributed by atoms with Crippen LogP contribution in [-0.4, -0.2) is 14.1 Å². The van der Waals surface area contributed by atoms with Gasteiger partial charge in [0, 0.05) is 32.8 Å². The molecule has 3 heterocycles. The highest BCUT2D eigenvalue weighted by molar-refractivity contribution is 6.11. The Hall–Kier alpha value is -7.49. The zero-order valence-corrected chi connectivity index (χ0v) is 30.5. The molecule has 0 spiro atoms. The van der Waals surface area contributed by atoms with Crippen LogP contribution >= 0.6 is 0 Å². The van der Waals surface area contributed by atoms with Gasteiger partial charge in [-0.3, -0.25) is 4.57 Å². The van der Waals surface area contributed by atoms with E-state index in [1.165, 1.54) is 71.6 Å². The smallest absolute Gasteiger partial charge is 0.138 e. The van der Waals surface area contributed by atoms with Gasteiger partial charge in [-0.25, -0.2) is 4.98 Å². The summed E-state index contributed by atoms with van der Waals surface area (Å²) in [6.45, 7) is 0. The topological polar surface area (TPSA) is 22.8 Å². The van der Waals surface area contributed by atoms with Crippen molar-refractivity contribution < 1.29 is 0 Å². The van der Waals surface area contributed by atoms with Crippen LogP contribution in [-0.2, 0) is 0 Å². The molecule has 0 atom stereocenters. The third-order valence-electron chi connectivity index (χ3n) is 11.1. The number of fused-ring (bicyclic) bond motifs is 6. The quantitative estimate of drug-likeness (QED) is 0.168. The Morgan fingerprint density at radius 1 is 0.268 bits per heavy atom. The Bertz CT molecular complexity index is 3230. The highest BCUT2D eigenvalue weighted by Gasteiger charge is 2.16. The molecule has 0 aliphatic heterocycles. The minimum Gasteiger partial charge on any atom is -0.309 e. The van der Waals surface area contributed by atoms with Crippen LogP contribution in [0.25, 0.3) is 99.8 Å². The number of aromatic nitrogens is 3. The third kappa shape index (κ3) is 5.32. The largest absolute Gasteiger partial charge is 0.309 e. The molecule has 0 aliphatic carbocycles. The van der Waals surface area contributed by atoms with Crippen LogP contribution in [0.3, 0.4) is 0 Å². The first-order valence-corrected chi connectivity index (χ1v) is 19.1. The van der Waals surface area contributed by atoms with Crippen molar-refractivity contribution in [2.24, 2.45) is 0 Å². The van der Waals surface area contributed by atoms with Crippen molar-refractivity contribution in [1.82, 2.24) is 14.1 Å². The maximum atomic E-state index is 5.14. The van der Waals surface area contributed by atoms with E-state index >= 15 is 0 Å². The van der Waals surface area contributed by atoms with E-state index in [1.807, 2.05) is 6.07 Å². The lowest BCUT2D eigenvalue weighted by Crippen LogP contribution is -1.98. The lowest BCUT2D eigenvalue weighted by atomic mass is 9.96. The predicted octanol–water partition coefficient (Wildman–Crippen LogP) is 13.9. The van der Waals surface area contributed by atoms with Crippen LogP contribution in [0.1, 0.15) is 0 Å². The molecule has 0 radical (unpaired) electrons. The molecule has 0 N–H and O–H groups in total. The fourth-order valence-electron chi connectivity index (χ4n) is 8.46. The van der Waals surface area contributed by atoms with Crippen LogP contribution in [0.5, 0.6) is 0 Å². The van der Waals surface area contributed by atoms with Gasteiger partial charge in [-0.2, -0.15) is 0 Å². The van der Waals surface area contributed by atoms with Crippen molar-refractivity contribution >= 4 is 43.6 Å². The number of rotatable bonds is 6. The minimum absolute atomic E-state index is 0.912. The SMILES string of the molecule is c1ccc(-c2cccc(-n3c4ccccc4c4cc(-c5cccc(-c6ccc(-c7ccc8c(c7)c7ccccc7n8-c7ccccc7)cc6)c5)ccc43)n2)cc1. The Balaban J connectivity index is 0.936. The molecule has 0 unspecified atom stereocenters. The van der Waals surface area contributed by atoms with Crippen LogP contribution in [0, 0.1) is 0 Å². The summed E-state index contributed by atoms with van der Waals surface area (Å²) in [5, 5.41) is 4.95. The third-order valence-corrected chi connectivity index (χ3v) is 11.1. The van der Waals surface area contributed by atoms with Crippen molar-refractivity contribution in [1.29, 1.82) is 0 Å². The fraction of sp³-hybridized carbons (Fsp3) is 0. The molecule has 3 heteroatoms. The molecule has 0 bridgehead atoms. The van der Waals surface area contributed by atoms with E-state index in [0.717, 1.165) is 28.1 Å². The number of nitrogens with zero attached hydrogens (tertiary/aromatic N) is 3. The normalized spacial score (nSPS) is 11.6. The highest BCUT2D eigenvalue weighted by atomic mass is 15.1. The van der Waals surface area contributed by atoms with Gasteiger partial charge in [-0.05, 0) is 100 Å². The standard InChI is InChI=1S/C53H35N3/c1-3-13-38(14-4-1)48-21-12-24-53(54-48)56-50-23-10-8-20-45(50)47-35-42(30-32-52(47)56)40-16-11-15-39(33-40)36-25-27-37(28-26-36)41-29-31-51-46(34-41)44-19-7-9-22-49(44)55(51)43-17-5-2-6-18-43/h1-35H. The van der Waals surface area contributed by atoms with Crippen LogP contribution in [0.2, 0.25) is 0 Å². The van der Waals surface area contributed by atoms with Gasteiger partial charge in [0.2, 0.25) is 0 Å². The summed E-state index contributed by atoms with van der Waals surface area (Å²) in [5.74, 6) is 0.912. The Kier molecular flexibility index (Phi) is 7.49. The van der Waals surface area contributed by atoms with Gasteiger partial charge < -0.3 is 4.57 Å². The molecule has 3 aromatic heterocycles. The van der Waals surface area contributed by atoms with Crippen LogP contribution in [0.15, 0.2) is 212 Å². The first kappa shape index (κ1) is 32.0. The molecule has 11 rings (SSSR count). The number of benzene rings is 8.